The van der Waals surface area contributed by atoms with Crippen molar-refractivity contribution in [2.24, 2.45) is 5.10 Å². The van der Waals surface area contributed by atoms with Gasteiger partial charge in [-0.05, 0) is 35.2 Å². The second kappa shape index (κ2) is 9.41. The highest BCUT2D eigenvalue weighted by molar-refractivity contribution is 7.92. The largest absolute Gasteiger partial charge is 0.271 e. The molecule has 0 spiro atoms. The minimum absolute atomic E-state index is 0.125. The van der Waals surface area contributed by atoms with Gasteiger partial charge in [0.25, 0.3) is 5.91 Å². The molecule has 0 aliphatic rings. The van der Waals surface area contributed by atoms with E-state index in [0.29, 0.717) is 10.9 Å². The van der Waals surface area contributed by atoms with Crippen molar-refractivity contribution >= 4 is 51.0 Å². The summed E-state index contributed by atoms with van der Waals surface area (Å²) in [6.45, 7) is 3.72. The van der Waals surface area contributed by atoms with Crippen LogP contribution >= 0.6 is 23.2 Å². The van der Waals surface area contributed by atoms with Crippen molar-refractivity contribution < 1.29 is 13.2 Å². The van der Waals surface area contributed by atoms with Gasteiger partial charge in [0, 0.05) is 5.02 Å². The molecule has 2 rings (SSSR count). The predicted molar refractivity (Wildman–Crippen MR) is 115 cm³/mol. The number of sulfonamides is 1. The second-order valence-corrected chi connectivity index (χ2v) is 9.23. The van der Waals surface area contributed by atoms with Crippen LogP contribution in [0.3, 0.4) is 0 Å². The van der Waals surface area contributed by atoms with Gasteiger partial charge in [-0.1, -0.05) is 61.3 Å². The number of anilines is 1. The van der Waals surface area contributed by atoms with Crippen LogP contribution < -0.4 is 9.73 Å². The standard InChI is InChI=1S/C19H21Cl2N3O3S/c1-13(2)15-6-4-14(5-7-15)11-22-23-19(25)12-24(28(3,26)27)18-10-16(20)8-9-17(18)21/h4-11,13H,12H2,1-3H3,(H,23,25)/b22-11-. The highest BCUT2D eigenvalue weighted by Gasteiger charge is 2.23. The number of hydrogen-bond donors (Lipinski definition) is 1. The fourth-order valence-electron chi connectivity index (χ4n) is 2.37. The number of benzene rings is 2. The highest BCUT2D eigenvalue weighted by atomic mass is 35.5. The molecular weight excluding hydrogens is 421 g/mol. The number of nitrogens with one attached hydrogen (secondary N) is 1. The quantitative estimate of drug-likeness (QED) is 0.520. The molecule has 0 bridgehead atoms. The number of hydrogen-bond acceptors (Lipinski definition) is 4. The van der Waals surface area contributed by atoms with Gasteiger partial charge in [0.15, 0.2) is 0 Å². The third-order valence-corrected chi connectivity index (χ3v) is 5.55. The van der Waals surface area contributed by atoms with E-state index in [0.717, 1.165) is 16.1 Å². The zero-order chi connectivity index (χ0) is 20.9. The van der Waals surface area contributed by atoms with Gasteiger partial charge in [-0.2, -0.15) is 5.10 Å². The fraction of sp³-hybridized carbons (Fsp3) is 0.263. The summed E-state index contributed by atoms with van der Waals surface area (Å²) in [6, 6.07) is 12.1. The molecule has 6 nitrogen and oxygen atoms in total. The minimum atomic E-state index is -3.76. The maximum absolute atomic E-state index is 12.2. The lowest BCUT2D eigenvalue weighted by Gasteiger charge is -2.22. The van der Waals surface area contributed by atoms with Crippen LogP contribution in [0.5, 0.6) is 0 Å². The summed E-state index contributed by atoms with van der Waals surface area (Å²) < 4.78 is 25.1. The first-order chi connectivity index (χ1) is 13.1. The third kappa shape index (κ3) is 6.22. The fourth-order valence-corrected chi connectivity index (χ4v) is 3.67. The third-order valence-electron chi connectivity index (χ3n) is 3.87. The molecule has 0 fully saturated rings. The van der Waals surface area contributed by atoms with Gasteiger partial charge in [0.05, 0.1) is 23.2 Å². The van der Waals surface area contributed by atoms with E-state index in [2.05, 4.69) is 24.4 Å². The normalized spacial score (nSPS) is 11.8. The van der Waals surface area contributed by atoms with Gasteiger partial charge < -0.3 is 0 Å². The average molecular weight is 442 g/mol. The van der Waals surface area contributed by atoms with Crippen molar-refractivity contribution in [2.75, 3.05) is 17.1 Å². The molecule has 28 heavy (non-hydrogen) atoms. The lowest BCUT2D eigenvalue weighted by molar-refractivity contribution is -0.119. The zero-order valence-electron chi connectivity index (χ0n) is 15.7. The summed E-state index contributed by atoms with van der Waals surface area (Å²) in [7, 11) is -3.76. The number of nitrogens with zero attached hydrogens (tertiary/aromatic N) is 2. The van der Waals surface area contributed by atoms with E-state index in [-0.39, 0.29) is 10.7 Å². The Hall–Kier alpha value is -2.09. The Kier molecular flexibility index (Phi) is 7.46. The first-order valence-corrected chi connectivity index (χ1v) is 11.0. The summed E-state index contributed by atoms with van der Waals surface area (Å²) in [6.07, 6.45) is 2.47. The maximum Gasteiger partial charge on any atom is 0.260 e. The number of hydrazone groups is 1. The Labute approximate surface area is 175 Å². The molecule has 0 saturated carbocycles. The van der Waals surface area contributed by atoms with Gasteiger partial charge >= 0.3 is 0 Å². The molecule has 9 heteroatoms. The summed E-state index contributed by atoms with van der Waals surface area (Å²) in [5, 5.41) is 4.35. The van der Waals surface area contributed by atoms with Gasteiger partial charge in [-0.15, -0.1) is 0 Å². The second-order valence-electron chi connectivity index (χ2n) is 6.48. The van der Waals surface area contributed by atoms with Crippen LogP contribution in [0.25, 0.3) is 0 Å². The molecule has 0 aromatic heterocycles. The Morgan fingerprint density at radius 2 is 1.82 bits per heavy atom. The monoisotopic (exact) mass is 441 g/mol. The topological polar surface area (TPSA) is 78.8 Å². The first-order valence-electron chi connectivity index (χ1n) is 8.42. The van der Waals surface area contributed by atoms with Crippen molar-refractivity contribution in [1.29, 1.82) is 0 Å². The number of carbonyl (C=O) groups excluding carboxylic acids is 1. The predicted octanol–water partition coefficient (Wildman–Crippen LogP) is 4.03. The van der Waals surface area contributed by atoms with Crippen LogP contribution in [0.15, 0.2) is 47.6 Å². The molecule has 1 amide bonds. The van der Waals surface area contributed by atoms with Crippen LogP contribution in [0, 0.1) is 0 Å². The van der Waals surface area contributed by atoms with Crippen LogP contribution in [0.2, 0.25) is 10.0 Å². The molecule has 0 atom stereocenters. The lowest BCUT2D eigenvalue weighted by Crippen LogP contribution is -2.39. The number of rotatable bonds is 7. The molecular formula is C19H21Cl2N3O3S. The first kappa shape index (κ1) is 22.2. The highest BCUT2D eigenvalue weighted by Crippen LogP contribution is 2.30. The molecule has 2 aromatic rings. The SMILES string of the molecule is CC(C)c1ccc(/C=N\NC(=O)CN(c2cc(Cl)ccc2Cl)S(C)(=O)=O)cc1. The number of amides is 1. The summed E-state index contributed by atoms with van der Waals surface area (Å²) in [5.74, 6) is -0.192. The Bertz CT molecular complexity index is 974. The van der Waals surface area contributed by atoms with Crippen molar-refractivity contribution in [3.63, 3.8) is 0 Å². The summed E-state index contributed by atoms with van der Waals surface area (Å²) in [4.78, 5) is 12.2. The van der Waals surface area contributed by atoms with Crippen LogP contribution in [0.1, 0.15) is 30.9 Å². The molecule has 0 aliphatic carbocycles. The van der Waals surface area contributed by atoms with E-state index >= 15 is 0 Å². The van der Waals surface area contributed by atoms with E-state index in [4.69, 9.17) is 23.2 Å². The maximum atomic E-state index is 12.2. The van der Waals surface area contributed by atoms with E-state index < -0.39 is 22.5 Å². The van der Waals surface area contributed by atoms with Crippen molar-refractivity contribution in [3.05, 3.63) is 63.6 Å². The molecule has 150 valence electrons. The van der Waals surface area contributed by atoms with Crippen molar-refractivity contribution in [2.45, 2.75) is 19.8 Å². The van der Waals surface area contributed by atoms with Crippen molar-refractivity contribution in [1.82, 2.24) is 5.43 Å². The summed E-state index contributed by atoms with van der Waals surface area (Å²) in [5.41, 5.74) is 4.45. The van der Waals surface area contributed by atoms with Crippen molar-refractivity contribution in [3.8, 4) is 0 Å². The van der Waals surface area contributed by atoms with E-state index in [9.17, 15) is 13.2 Å². The zero-order valence-corrected chi connectivity index (χ0v) is 18.0. The molecule has 0 unspecified atom stereocenters. The van der Waals surface area contributed by atoms with Gasteiger partial charge in [0.1, 0.15) is 6.54 Å². The molecule has 2 aromatic carbocycles. The Morgan fingerprint density at radius 1 is 1.18 bits per heavy atom. The number of halogens is 2. The van der Waals surface area contributed by atoms with Crippen LogP contribution in [-0.4, -0.2) is 33.3 Å². The van der Waals surface area contributed by atoms with E-state index in [1.807, 2.05) is 24.3 Å². The number of carbonyl (C=O) groups is 1. The minimum Gasteiger partial charge on any atom is -0.271 e. The molecule has 0 saturated heterocycles. The van der Waals surface area contributed by atoms with Crippen LogP contribution in [-0.2, 0) is 14.8 Å². The smallest absolute Gasteiger partial charge is 0.260 e. The van der Waals surface area contributed by atoms with E-state index in [1.165, 1.54) is 30.0 Å². The van der Waals surface area contributed by atoms with Gasteiger partial charge in [-0.25, -0.2) is 13.8 Å². The Morgan fingerprint density at radius 3 is 2.39 bits per heavy atom. The van der Waals surface area contributed by atoms with Crippen LogP contribution in [0.4, 0.5) is 5.69 Å². The van der Waals surface area contributed by atoms with E-state index in [1.54, 1.807) is 0 Å². The average Bonchev–Trinajstić information content (AvgIpc) is 2.61. The summed E-state index contributed by atoms with van der Waals surface area (Å²) >= 11 is 12.0. The lowest BCUT2D eigenvalue weighted by atomic mass is 10.0. The molecule has 0 aliphatic heterocycles. The van der Waals surface area contributed by atoms with Gasteiger partial charge in [-0.3, -0.25) is 9.10 Å². The van der Waals surface area contributed by atoms with Gasteiger partial charge in [0.2, 0.25) is 10.0 Å². The molecule has 0 heterocycles. The Balaban J connectivity index is 2.09. The molecule has 1 N–H and O–H groups in total. The molecule has 0 radical (unpaired) electrons.